The molecule has 0 aliphatic carbocycles. The Morgan fingerprint density at radius 2 is 2.06 bits per heavy atom. The van der Waals surface area contributed by atoms with Crippen molar-refractivity contribution in [3.63, 3.8) is 0 Å². The van der Waals surface area contributed by atoms with Gasteiger partial charge in [-0.1, -0.05) is 19.1 Å². The molecule has 1 aromatic carbocycles. The maximum atomic E-state index is 11.3. The summed E-state index contributed by atoms with van der Waals surface area (Å²) in [7, 11) is 1.40. The number of phenols is 1. The second kappa shape index (κ2) is 6.43. The molecule has 0 aliphatic rings. The zero-order valence-corrected chi connectivity index (χ0v) is 10.3. The van der Waals surface area contributed by atoms with Gasteiger partial charge >= 0.3 is 5.97 Å². The maximum absolute atomic E-state index is 11.3. The van der Waals surface area contributed by atoms with Crippen LogP contribution < -0.4 is 0 Å². The lowest BCUT2D eigenvalue weighted by Crippen LogP contribution is -2.06. The fourth-order valence-corrected chi connectivity index (χ4v) is 2.40. The molecule has 0 saturated heterocycles. The Kier molecular flexibility index (Phi) is 5.19. The van der Waals surface area contributed by atoms with E-state index in [9.17, 15) is 9.90 Å². The highest BCUT2D eigenvalue weighted by Crippen LogP contribution is 2.32. The smallest absolute Gasteiger partial charge is 0.306 e. The molecule has 0 spiro atoms. The first-order valence-electron chi connectivity index (χ1n) is 5.14. The molecular formula is C12H16O3S. The van der Waals surface area contributed by atoms with Gasteiger partial charge in [-0.3, -0.25) is 4.79 Å². The Labute approximate surface area is 99.8 Å². The van der Waals surface area contributed by atoms with Crippen molar-refractivity contribution >= 4 is 17.7 Å². The largest absolute Gasteiger partial charge is 0.508 e. The van der Waals surface area contributed by atoms with Crippen molar-refractivity contribution in [3.8, 4) is 5.75 Å². The quantitative estimate of drug-likeness (QED) is 0.804. The molecule has 88 valence electrons. The van der Waals surface area contributed by atoms with E-state index in [-0.39, 0.29) is 17.0 Å². The van der Waals surface area contributed by atoms with Gasteiger partial charge < -0.3 is 9.84 Å². The third-order valence-electron chi connectivity index (χ3n) is 2.21. The fourth-order valence-electron chi connectivity index (χ4n) is 1.40. The Balaban J connectivity index is 2.76. The van der Waals surface area contributed by atoms with E-state index in [1.165, 1.54) is 7.11 Å². The van der Waals surface area contributed by atoms with Crippen LogP contribution >= 0.6 is 11.8 Å². The van der Waals surface area contributed by atoms with Crippen molar-refractivity contribution in [2.45, 2.75) is 18.6 Å². The van der Waals surface area contributed by atoms with Gasteiger partial charge in [0.05, 0.1) is 13.5 Å². The van der Waals surface area contributed by atoms with E-state index in [2.05, 4.69) is 11.7 Å². The van der Waals surface area contributed by atoms with Gasteiger partial charge in [0.1, 0.15) is 5.75 Å². The van der Waals surface area contributed by atoms with Gasteiger partial charge in [0, 0.05) is 5.25 Å². The molecule has 0 amide bonds. The van der Waals surface area contributed by atoms with Gasteiger partial charge in [0.15, 0.2) is 0 Å². The van der Waals surface area contributed by atoms with Crippen molar-refractivity contribution in [3.05, 3.63) is 29.8 Å². The monoisotopic (exact) mass is 240 g/mol. The van der Waals surface area contributed by atoms with Gasteiger partial charge in [-0.2, -0.15) is 11.8 Å². The number of carbonyl (C=O) groups is 1. The van der Waals surface area contributed by atoms with E-state index < -0.39 is 0 Å². The predicted octanol–water partition coefficient (Wildman–Crippen LogP) is 2.75. The van der Waals surface area contributed by atoms with Crippen LogP contribution in [0.25, 0.3) is 0 Å². The van der Waals surface area contributed by atoms with Crippen LogP contribution in [0.15, 0.2) is 24.3 Å². The van der Waals surface area contributed by atoms with Gasteiger partial charge in [0.25, 0.3) is 0 Å². The van der Waals surface area contributed by atoms with Crippen LogP contribution in [0.1, 0.15) is 24.2 Å². The number of benzene rings is 1. The Bertz CT molecular complexity index is 335. The van der Waals surface area contributed by atoms with Crippen LogP contribution in [0.3, 0.4) is 0 Å². The van der Waals surface area contributed by atoms with E-state index in [4.69, 9.17) is 0 Å². The molecule has 0 fully saturated rings. The molecule has 3 nitrogen and oxygen atoms in total. The SMILES string of the molecule is CCSC(CC(=O)OC)c1ccc(O)cc1. The number of methoxy groups -OCH3 is 1. The molecule has 0 bridgehead atoms. The predicted molar refractivity (Wildman–Crippen MR) is 65.6 cm³/mol. The van der Waals surface area contributed by atoms with Gasteiger partial charge in [0.2, 0.25) is 0 Å². The molecule has 0 heterocycles. The molecule has 1 unspecified atom stereocenters. The molecule has 1 N–H and O–H groups in total. The number of ether oxygens (including phenoxy) is 1. The number of phenolic OH excluding ortho intramolecular Hbond substituents is 1. The number of carbonyl (C=O) groups excluding carboxylic acids is 1. The van der Waals surface area contributed by atoms with Crippen LogP contribution in [-0.4, -0.2) is 23.9 Å². The molecule has 4 heteroatoms. The standard InChI is InChI=1S/C12H16O3S/c1-3-16-11(8-12(14)15-2)9-4-6-10(13)7-5-9/h4-7,11,13H,3,8H2,1-2H3. The van der Waals surface area contributed by atoms with E-state index in [1.807, 2.05) is 12.1 Å². The van der Waals surface area contributed by atoms with Crippen molar-refractivity contribution in [2.75, 3.05) is 12.9 Å². The molecule has 0 aliphatic heterocycles. The Hall–Kier alpha value is -1.16. The van der Waals surface area contributed by atoms with E-state index in [1.54, 1.807) is 23.9 Å². The Morgan fingerprint density at radius 1 is 1.44 bits per heavy atom. The summed E-state index contributed by atoms with van der Waals surface area (Å²) in [6.07, 6.45) is 0.361. The van der Waals surface area contributed by atoms with E-state index in [0.717, 1.165) is 11.3 Å². The average molecular weight is 240 g/mol. The van der Waals surface area contributed by atoms with Gasteiger partial charge in [-0.05, 0) is 23.4 Å². The van der Waals surface area contributed by atoms with Crippen LogP contribution in [0.4, 0.5) is 0 Å². The summed E-state index contributed by atoms with van der Waals surface area (Å²) in [5.41, 5.74) is 1.04. The lowest BCUT2D eigenvalue weighted by molar-refractivity contribution is -0.140. The lowest BCUT2D eigenvalue weighted by Gasteiger charge is -2.14. The molecule has 16 heavy (non-hydrogen) atoms. The van der Waals surface area contributed by atoms with Gasteiger partial charge in [-0.15, -0.1) is 0 Å². The second-order valence-corrected chi connectivity index (χ2v) is 4.80. The first-order valence-corrected chi connectivity index (χ1v) is 6.19. The first-order chi connectivity index (χ1) is 7.67. The number of hydrogen-bond acceptors (Lipinski definition) is 4. The number of esters is 1. The second-order valence-electron chi connectivity index (χ2n) is 3.32. The third kappa shape index (κ3) is 3.77. The fraction of sp³-hybridized carbons (Fsp3) is 0.417. The average Bonchev–Trinajstić information content (AvgIpc) is 2.29. The minimum atomic E-state index is -0.209. The summed E-state index contributed by atoms with van der Waals surface area (Å²) in [6.45, 7) is 2.05. The topological polar surface area (TPSA) is 46.5 Å². The summed E-state index contributed by atoms with van der Waals surface area (Å²) in [6, 6.07) is 6.95. The number of hydrogen-bond donors (Lipinski definition) is 1. The van der Waals surface area contributed by atoms with E-state index in [0.29, 0.717) is 6.42 Å². The normalized spacial score (nSPS) is 12.1. The highest BCUT2D eigenvalue weighted by molar-refractivity contribution is 7.99. The molecule has 0 aromatic heterocycles. The lowest BCUT2D eigenvalue weighted by atomic mass is 10.1. The molecule has 1 aromatic rings. The third-order valence-corrected chi connectivity index (χ3v) is 3.39. The highest BCUT2D eigenvalue weighted by Gasteiger charge is 2.16. The first kappa shape index (κ1) is 12.9. The molecule has 0 saturated carbocycles. The minimum Gasteiger partial charge on any atom is -0.508 e. The molecule has 1 atom stereocenters. The number of rotatable bonds is 5. The van der Waals surface area contributed by atoms with Crippen LogP contribution in [0.5, 0.6) is 5.75 Å². The number of aromatic hydroxyl groups is 1. The summed E-state index contributed by atoms with van der Waals surface area (Å²) in [5, 5.41) is 9.29. The van der Waals surface area contributed by atoms with Crippen molar-refractivity contribution in [2.24, 2.45) is 0 Å². The molecular weight excluding hydrogens is 224 g/mol. The zero-order valence-electron chi connectivity index (χ0n) is 9.47. The van der Waals surface area contributed by atoms with Crippen LogP contribution in [0.2, 0.25) is 0 Å². The summed E-state index contributed by atoms with van der Waals surface area (Å²) in [4.78, 5) is 11.3. The van der Waals surface area contributed by atoms with E-state index >= 15 is 0 Å². The van der Waals surface area contributed by atoms with Crippen molar-refractivity contribution in [1.82, 2.24) is 0 Å². The van der Waals surface area contributed by atoms with Crippen molar-refractivity contribution < 1.29 is 14.6 Å². The zero-order chi connectivity index (χ0) is 12.0. The highest BCUT2D eigenvalue weighted by atomic mass is 32.2. The number of thioether (sulfide) groups is 1. The van der Waals surface area contributed by atoms with Gasteiger partial charge in [-0.25, -0.2) is 0 Å². The molecule has 0 radical (unpaired) electrons. The minimum absolute atomic E-state index is 0.0954. The Morgan fingerprint density at radius 3 is 2.56 bits per heavy atom. The maximum Gasteiger partial charge on any atom is 0.306 e. The summed E-state index contributed by atoms with van der Waals surface area (Å²) >= 11 is 1.70. The van der Waals surface area contributed by atoms with Crippen molar-refractivity contribution in [1.29, 1.82) is 0 Å². The van der Waals surface area contributed by atoms with Crippen LogP contribution in [-0.2, 0) is 9.53 Å². The summed E-state index contributed by atoms with van der Waals surface area (Å²) < 4.78 is 4.67. The van der Waals surface area contributed by atoms with Crippen LogP contribution in [0, 0.1) is 0 Å². The molecule has 1 rings (SSSR count). The summed E-state index contributed by atoms with van der Waals surface area (Å²) in [5.74, 6) is 0.962.